The summed E-state index contributed by atoms with van der Waals surface area (Å²) in [7, 11) is 0. The van der Waals surface area contributed by atoms with Crippen molar-refractivity contribution in [1.82, 2.24) is 14.5 Å². The highest BCUT2D eigenvalue weighted by Crippen LogP contribution is 2.66. The quantitative estimate of drug-likeness (QED) is 0.246. The molecule has 1 N–H and O–H groups in total. The number of nitrogens with zero attached hydrogens (tertiary/aromatic N) is 3. The zero-order valence-electron chi connectivity index (χ0n) is 22.8. The molecule has 4 aromatic rings. The number of carboxylic acids is 1. The van der Waals surface area contributed by atoms with Crippen molar-refractivity contribution in [2.75, 3.05) is 6.61 Å². The average molecular weight is 578 g/mol. The number of benzene rings is 2. The van der Waals surface area contributed by atoms with Gasteiger partial charge in [0.25, 0.3) is 0 Å². The van der Waals surface area contributed by atoms with Crippen LogP contribution in [0.4, 0.5) is 4.39 Å². The lowest BCUT2D eigenvalue weighted by atomic mass is 9.84. The molecule has 2 aliphatic carbocycles. The molecule has 41 heavy (non-hydrogen) atoms. The van der Waals surface area contributed by atoms with Crippen LogP contribution in [-0.4, -0.2) is 38.3 Å². The molecule has 3 heterocycles. The van der Waals surface area contributed by atoms with Crippen LogP contribution >= 0.6 is 11.6 Å². The maximum absolute atomic E-state index is 13.4. The lowest BCUT2D eigenvalue weighted by Gasteiger charge is -2.28. The molecule has 214 valence electrons. The van der Waals surface area contributed by atoms with Crippen LogP contribution < -0.4 is 4.74 Å². The number of hydrogen-bond acceptors (Lipinski definition) is 5. The van der Waals surface area contributed by atoms with Crippen LogP contribution in [0.3, 0.4) is 0 Å². The van der Waals surface area contributed by atoms with Gasteiger partial charge in [0.05, 0.1) is 29.2 Å². The number of fused-ring (bicyclic) bond motifs is 1. The van der Waals surface area contributed by atoms with E-state index in [-0.39, 0.29) is 18.5 Å². The molecule has 1 aliphatic heterocycles. The molecule has 0 radical (unpaired) electrons. The van der Waals surface area contributed by atoms with Gasteiger partial charge < -0.3 is 19.1 Å². The summed E-state index contributed by atoms with van der Waals surface area (Å²) in [5, 5.41) is 9.72. The van der Waals surface area contributed by atoms with E-state index in [2.05, 4.69) is 9.55 Å². The van der Waals surface area contributed by atoms with Crippen molar-refractivity contribution in [2.45, 2.75) is 70.1 Å². The molecule has 1 spiro atoms. The van der Waals surface area contributed by atoms with Gasteiger partial charge in [-0.15, -0.1) is 0 Å². The Balaban J connectivity index is 0.000000164. The normalized spacial score (nSPS) is 20.6. The molecular formula is C32H33ClFN3O4. The third-order valence-corrected chi connectivity index (χ3v) is 8.82. The van der Waals surface area contributed by atoms with Gasteiger partial charge in [-0.25, -0.2) is 19.2 Å². The maximum atomic E-state index is 13.4. The molecule has 2 aromatic carbocycles. The Labute approximate surface area is 243 Å². The van der Waals surface area contributed by atoms with Crippen molar-refractivity contribution in [3.05, 3.63) is 88.6 Å². The maximum Gasteiger partial charge on any atom is 0.335 e. The minimum atomic E-state index is -0.883. The number of hydrogen-bond donors (Lipinski definition) is 1. The van der Waals surface area contributed by atoms with Crippen molar-refractivity contribution in [3.8, 4) is 5.88 Å². The number of aromatic nitrogens is 3. The molecule has 1 saturated heterocycles. The van der Waals surface area contributed by atoms with E-state index in [1.807, 2.05) is 6.07 Å². The number of pyridine rings is 1. The average Bonchev–Trinajstić information content (AvgIpc) is 3.51. The zero-order chi connectivity index (χ0) is 28.4. The van der Waals surface area contributed by atoms with Gasteiger partial charge >= 0.3 is 5.97 Å². The Morgan fingerprint density at radius 2 is 1.98 bits per heavy atom. The molecule has 7 rings (SSSR count). The largest absolute Gasteiger partial charge is 0.478 e. The minimum absolute atomic E-state index is 0.139. The van der Waals surface area contributed by atoms with Crippen molar-refractivity contribution < 1.29 is 23.8 Å². The monoisotopic (exact) mass is 577 g/mol. The SMILES string of the molecule is Fc1cc(Cl)ccc1COc1ccccn1.O=C(O)c1ccc2nc(C3CC34CCCCC4)n(CC3CCO3)c2c1. The van der Waals surface area contributed by atoms with Crippen LogP contribution in [0.5, 0.6) is 5.88 Å². The van der Waals surface area contributed by atoms with Gasteiger partial charge in [-0.2, -0.15) is 0 Å². The van der Waals surface area contributed by atoms with E-state index in [0.29, 0.717) is 33.4 Å². The van der Waals surface area contributed by atoms with Gasteiger partial charge in [0.15, 0.2) is 0 Å². The summed E-state index contributed by atoms with van der Waals surface area (Å²) < 4.78 is 26.6. The van der Waals surface area contributed by atoms with E-state index < -0.39 is 5.97 Å². The third-order valence-electron chi connectivity index (χ3n) is 8.58. The van der Waals surface area contributed by atoms with Crippen molar-refractivity contribution in [1.29, 1.82) is 0 Å². The molecule has 3 fully saturated rings. The number of carbonyl (C=O) groups is 1. The Morgan fingerprint density at radius 1 is 1.15 bits per heavy atom. The summed E-state index contributed by atoms with van der Waals surface area (Å²) in [6.45, 7) is 1.77. The van der Waals surface area contributed by atoms with Gasteiger partial charge in [0.1, 0.15) is 18.2 Å². The first kappa shape index (κ1) is 27.7. The van der Waals surface area contributed by atoms with Crippen molar-refractivity contribution in [3.63, 3.8) is 0 Å². The number of halogens is 2. The van der Waals surface area contributed by atoms with Crippen molar-refractivity contribution in [2.24, 2.45) is 5.41 Å². The zero-order valence-corrected chi connectivity index (χ0v) is 23.5. The smallest absolute Gasteiger partial charge is 0.335 e. The van der Waals surface area contributed by atoms with Crippen molar-refractivity contribution >= 4 is 28.6 Å². The van der Waals surface area contributed by atoms with E-state index >= 15 is 0 Å². The fourth-order valence-corrected chi connectivity index (χ4v) is 6.27. The second-order valence-electron chi connectivity index (χ2n) is 11.2. The lowest BCUT2D eigenvalue weighted by molar-refractivity contribution is -0.0590. The second-order valence-corrected chi connectivity index (χ2v) is 11.7. The number of carboxylic acid groups (broad SMARTS) is 1. The fourth-order valence-electron chi connectivity index (χ4n) is 6.11. The Morgan fingerprint density at radius 3 is 2.66 bits per heavy atom. The van der Waals surface area contributed by atoms with E-state index in [1.165, 1.54) is 44.6 Å². The summed E-state index contributed by atoms with van der Waals surface area (Å²) in [4.78, 5) is 20.3. The highest BCUT2D eigenvalue weighted by molar-refractivity contribution is 6.30. The van der Waals surface area contributed by atoms with Crippen LogP contribution in [0, 0.1) is 11.2 Å². The van der Waals surface area contributed by atoms with Crippen LogP contribution in [-0.2, 0) is 17.9 Å². The van der Waals surface area contributed by atoms with Gasteiger partial charge in [0, 0.05) is 35.4 Å². The summed E-state index contributed by atoms with van der Waals surface area (Å²) in [6, 6.07) is 15.1. The molecule has 2 saturated carbocycles. The number of imidazole rings is 1. The summed E-state index contributed by atoms with van der Waals surface area (Å²) in [6.07, 6.45) is 10.9. The van der Waals surface area contributed by atoms with Gasteiger partial charge in [-0.05, 0) is 67.5 Å². The third kappa shape index (κ3) is 6.09. The summed E-state index contributed by atoms with van der Waals surface area (Å²) >= 11 is 5.64. The highest BCUT2D eigenvalue weighted by Gasteiger charge is 2.56. The number of ether oxygens (including phenoxy) is 2. The van der Waals surface area contributed by atoms with Crippen LogP contribution in [0.15, 0.2) is 60.8 Å². The molecule has 0 amide bonds. The highest BCUT2D eigenvalue weighted by atomic mass is 35.5. The van der Waals surface area contributed by atoms with Crippen LogP contribution in [0.1, 0.15) is 72.6 Å². The van der Waals surface area contributed by atoms with Gasteiger partial charge in [-0.1, -0.05) is 43.0 Å². The molecule has 2 aromatic heterocycles. The van der Waals surface area contributed by atoms with E-state index in [4.69, 9.17) is 26.1 Å². The minimum Gasteiger partial charge on any atom is -0.478 e. The fraction of sp³-hybridized carbons (Fsp3) is 0.406. The molecule has 0 bridgehead atoms. The standard InChI is InChI=1S/C20H24N2O3.C12H9ClFNO/c23-19(24)13-4-5-16-17(10-13)22(12-14-6-9-25-14)18(21-16)15-11-20(15)7-2-1-3-8-20;13-10-5-4-9(11(14)7-10)8-16-12-3-1-2-6-15-12/h4-5,10,14-15H,1-3,6-9,11-12H2,(H,23,24);1-7H,8H2. The second kappa shape index (κ2) is 11.8. The predicted octanol–water partition coefficient (Wildman–Crippen LogP) is 7.41. The van der Waals surface area contributed by atoms with Crippen LogP contribution in [0.25, 0.3) is 11.0 Å². The molecule has 3 aliphatic rings. The molecule has 2 unspecified atom stereocenters. The first-order valence-electron chi connectivity index (χ1n) is 14.2. The number of aromatic carboxylic acids is 1. The summed E-state index contributed by atoms with van der Waals surface area (Å²) in [5.41, 5.74) is 3.11. The first-order chi connectivity index (χ1) is 19.9. The van der Waals surface area contributed by atoms with E-state index in [9.17, 15) is 14.3 Å². The molecule has 7 nitrogen and oxygen atoms in total. The first-order valence-corrected chi connectivity index (χ1v) is 14.6. The number of rotatable bonds is 7. The van der Waals surface area contributed by atoms with Crippen LogP contribution in [0.2, 0.25) is 5.02 Å². The van der Waals surface area contributed by atoms with Gasteiger partial charge in [0.2, 0.25) is 5.88 Å². The summed E-state index contributed by atoms with van der Waals surface area (Å²) in [5.74, 6) is 0.912. The van der Waals surface area contributed by atoms with E-state index in [0.717, 1.165) is 36.4 Å². The topological polar surface area (TPSA) is 86.5 Å². The van der Waals surface area contributed by atoms with E-state index in [1.54, 1.807) is 48.7 Å². The Bertz CT molecular complexity index is 1530. The molecular weight excluding hydrogens is 545 g/mol. The lowest BCUT2D eigenvalue weighted by Crippen LogP contribution is -2.31. The predicted molar refractivity (Wildman–Crippen MR) is 154 cm³/mol. The van der Waals surface area contributed by atoms with Gasteiger partial charge in [-0.3, -0.25) is 0 Å². The molecule has 2 atom stereocenters. The Kier molecular flexibility index (Phi) is 7.95. The Hall–Kier alpha value is -3.49. The molecule has 9 heteroatoms.